The lowest BCUT2D eigenvalue weighted by Crippen LogP contribution is -2.32. The van der Waals surface area contributed by atoms with Gasteiger partial charge in [0.1, 0.15) is 11.5 Å². The highest BCUT2D eigenvalue weighted by molar-refractivity contribution is 5.30. The molecule has 1 N–H and O–H groups in total. The summed E-state index contributed by atoms with van der Waals surface area (Å²) in [7, 11) is 0. The van der Waals surface area contributed by atoms with Crippen molar-refractivity contribution in [3.05, 3.63) is 58.5 Å². The monoisotopic (exact) mass is 283 g/mol. The summed E-state index contributed by atoms with van der Waals surface area (Å²) in [6.07, 6.45) is 2.20. The molecule has 0 saturated carbocycles. The average molecular weight is 283 g/mol. The smallest absolute Gasteiger partial charge is 0.109 e. The first kappa shape index (κ1) is 14.4. The van der Waals surface area contributed by atoms with Crippen molar-refractivity contribution < 1.29 is 4.42 Å². The summed E-state index contributed by atoms with van der Waals surface area (Å²) in [5.74, 6) is 2.20. The minimum atomic E-state index is 0.293. The summed E-state index contributed by atoms with van der Waals surface area (Å²) in [4.78, 5) is 0. The van der Waals surface area contributed by atoms with Gasteiger partial charge in [0.25, 0.3) is 0 Å². The van der Waals surface area contributed by atoms with Crippen molar-refractivity contribution in [3.63, 3.8) is 0 Å². The van der Waals surface area contributed by atoms with E-state index in [-0.39, 0.29) is 0 Å². The summed E-state index contributed by atoms with van der Waals surface area (Å²) in [5.41, 5.74) is 4.32. The molecule has 0 radical (unpaired) electrons. The van der Waals surface area contributed by atoms with Gasteiger partial charge in [-0.3, -0.25) is 0 Å². The van der Waals surface area contributed by atoms with Crippen LogP contribution < -0.4 is 5.32 Å². The van der Waals surface area contributed by atoms with Crippen LogP contribution in [0.5, 0.6) is 0 Å². The second-order valence-electron chi connectivity index (χ2n) is 7.20. The van der Waals surface area contributed by atoms with Crippen molar-refractivity contribution in [1.29, 1.82) is 0 Å². The van der Waals surface area contributed by atoms with E-state index in [0.29, 0.717) is 11.5 Å². The lowest BCUT2D eigenvalue weighted by Gasteiger charge is -2.35. The third-order valence-electron chi connectivity index (χ3n) is 4.37. The quantitative estimate of drug-likeness (QED) is 0.883. The molecular weight excluding hydrogens is 258 g/mol. The Balaban J connectivity index is 1.78. The number of fused-ring (bicyclic) bond motifs is 1. The van der Waals surface area contributed by atoms with Crippen molar-refractivity contribution in [2.24, 2.45) is 5.41 Å². The topological polar surface area (TPSA) is 25.2 Å². The van der Waals surface area contributed by atoms with E-state index in [1.165, 1.54) is 22.5 Å². The number of benzene rings is 1. The van der Waals surface area contributed by atoms with Gasteiger partial charge in [-0.2, -0.15) is 0 Å². The second kappa shape index (κ2) is 5.34. The maximum atomic E-state index is 5.90. The van der Waals surface area contributed by atoms with E-state index in [4.69, 9.17) is 4.42 Å². The molecule has 0 fully saturated rings. The zero-order valence-electron chi connectivity index (χ0n) is 13.5. The van der Waals surface area contributed by atoms with E-state index >= 15 is 0 Å². The molecule has 112 valence electrons. The van der Waals surface area contributed by atoms with E-state index in [0.717, 1.165) is 25.1 Å². The predicted octanol–water partition coefficient (Wildman–Crippen LogP) is 4.70. The maximum absolute atomic E-state index is 5.90. The number of furan rings is 1. The van der Waals surface area contributed by atoms with Crippen LogP contribution in [0.2, 0.25) is 0 Å². The Bertz CT molecular complexity index is 639. The first-order chi connectivity index (χ1) is 9.93. The summed E-state index contributed by atoms with van der Waals surface area (Å²) in [6, 6.07) is 11.3. The largest absolute Gasteiger partial charge is 0.466 e. The number of hydrogen-bond acceptors (Lipinski definition) is 2. The molecule has 1 atom stereocenters. The summed E-state index contributed by atoms with van der Waals surface area (Å²) in [5, 5.41) is 3.73. The van der Waals surface area contributed by atoms with Crippen molar-refractivity contribution in [2.45, 2.75) is 53.1 Å². The molecule has 0 bridgehead atoms. The Morgan fingerprint density at radius 1 is 1.24 bits per heavy atom. The fourth-order valence-electron chi connectivity index (χ4n) is 3.43. The highest BCUT2D eigenvalue weighted by atomic mass is 16.3. The van der Waals surface area contributed by atoms with Gasteiger partial charge >= 0.3 is 0 Å². The SMILES string of the molecule is Cc1cccc(CNC2CC(C)(C)Cc3oc(C)cc32)c1. The molecule has 2 heteroatoms. The van der Waals surface area contributed by atoms with Crippen molar-refractivity contribution in [3.8, 4) is 0 Å². The predicted molar refractivity (Wildman–Crippen MR) is 86.3 cm³/mol. The van der Waals surface area contributed by atoms with Gasteiger partial charge in [0.2, 0.25) is 0 Å². The van der Waals surface area contributed by atoms with Gasteiger partial charge in [-0.25, -0.2) is 0 Å². The van der Waals surface area contributed by atoms with Crippen LogP contribution in [0.15, 0.2) is 34.7 Å². The minimum absolute atomic E-state index is 0.293. The Morgan fingerprint density at radius 3 is 2.81 bits per heavy atom. The molecule has 1 aromatic carbocycles. The minimum Gasteiger partial charge on any atom is -0.466 e. The Hall–Kier alpha value is -1.54. The van der Waals surface area contributed by atoms with Gasteiger partial charge in [0.15, 0.2) is 0 Å². The zero-order valence-corrected chi connectivity index (χ0v) is 13.5. The molecule has 0 aliphatic heterocycles. The van der Waals surface area contributed by atoms with Gasteiger partial charge in [0.05, 0.1) is 0 Å². The second-order valence-corrected chi connectivity index (χ2v) is 7.20. The molecule has 1 heterocycles. The third-order valence-corrected chi connectivity index (χ3v) is 4.37. The fraction of sp³-hybridized carbons (Fsp3) is 0.474. The summed E-state index contributed by atoms with van der Waals surface area (Å²) < 4.78 is 5.90. The highest BCUT2D eigenvalue weighted by Crippen LogP contribution is 2.42. The molecule has 1 unspecified atom stereocenters. The Kier molecular flexibility index (Phi) is 3.66. The van der Waals surface area contributed by atoms with Crippen LogP contribution in [0.3, 0.4) is 0 Å². The van der Waals surface area contributed by atoms with Crippen LogP contribution in [0.4, 0.5) is 0 Å². The van der Waals surface area contributed by atoms with Gasteiger partial charge < -0.3 is 9.73 Å². The standard InChI is InChI=1S/C19H25NO/c1-13-6-5-7-15(8-13)12-20-17-10-19(3,4)11-18-16(17)9-14(2)21-18/h5-9,17,20H,10-12H2,1-4H3. The molecule has 21 heavy (non-hydrogen) atoms. The summed E-state index contributed by atoms with van der Waals surface area (Å²) in [6.45, 7) is 9.75. The van der Waals surface area contributed by atoms with Crippen LogP contribution in [0, 0.1) is 19.3 Å². The van der Waals surface area contributed by atoms with Gasteiger partial charge in [-0.05, 0) is 37.3 Å². The molecular formula is C19H25NO. The number of hydrogen-bond donors (Lipinski definition) is 1. The van der Waals surface area contributed by atoms with Gasteiger partial charge in [0, 0.05) is 24.6 Å². The molecule has 3 rings (SSSR count). The third kappa shape index (κ3) is 3.21. The number of aryl methyl sites for hydroxylation is 2. The van der Waals surface area contributed by atoms with E-state index < -0.39 is 0 Å². The lowest BCUT2D eigenvalue weighted by molar-refractivity contribution is 0.233. The molecule has 0 spiro atoms. The molecule has 2 nitrogen and oxygen atoms in total. The average Bonchev–Trinajstić information content (AvgIpc) is 2.75. The van der Waals surface area contributed by atoms with Crippen LogP contribution in [-0.2, 0) is 13.0 Å². The van der Waals surface area contributed by atoms with E-state index in [2.05, 4.69) is 56.4 Å². The molecule has 2 aromatic rings. The molecule has 1 aliphatic rings. The van der Waals surface area contributed by atoms with Crippen LogP contribution in [-0.4, -0.2) is 0 Å². The van der Waals surface area contributed by atoms with E-state index in [9.17, 15) is 0 Å². The summed E-state index contributed by atoms with van der Waals surface area (Å²) >= 11 is 0. The highest BCUT2D eigenvalue weighted by Gasteiger charge is 2.34. The van der Waals surface area contributed by atoms with Crippen LogP contribution >= 0.6 is 0 Å². The van der Waals surface area contributed by atoms with E-state index in [1.807, 2.05) is 6.92 Å². The lowest BCUT2D eigenvalue weighted by atomic mass is 9.74. The molecule has 0 amide bonds. The first-order valence-corrected chi connectivity index (χ1v) is 7.81. The zero-order chi connectivity index (χ0) is 15.0. The van der Waals surface area contributed by atoms with Crippen molar-refractivity contribution in [2.75, 3.05) is 0 Å². The van der Waals surface area contributed by atoms with E-state index in [1.54, 1.807) is 0 Å². The normalized spacial score (nSPS) is 20.3. The Labute approximate surface area is 127 Å². The van der Waals surface area contributed by atoms with Crippen molar-refractivity contribution >= 4 is 0 Å². The van der Waals surface area contributed by atoms with Crippen LogP contribution in [0.1, 0.15) is 54.5 Å². The van der Waals surface area contributed by atoms with Gasteiger partial charge in [-0.1, -0.05) is 43.7 Å². The number of nitrogens with one attached hydrogen (secondary N) is 1. The fourth-order valence-corrected chi connectivity index (χ4v) is 3.43. The molecule has 1 aromatic heterocycles. The maximum Gasteiger partial charge on any atom is 0.109 e. The molecule has 0 saturated heterocycles. The first-order valence-electron chi connectivity index (χ1n) is 7.81. The van der Waals surface area contributed by atoms with Crippen molar-refractivity contribution in [1.82, 2.24) is 5.32 Å². The van der Waals surface area contributed by atoms with Gasteiger partial charge in [-0.15, -0.1) is 0 Å². The van der Waals surface area contributed by atoms with Crippen LogP contribution in [0.25, 0.3) is 0 Å². The Morgan fingerprint density at radius 2 is 2.05 bits per heavy atom. The number of rotatable bonds is 3. The molecule has 1 aliphatic carbocycles.